The van der Waals surface area contributed by atoms with E-state index in [1.54, 1.807) is 12.3 Å². The van der Waals surface area contributed by atoms with Crippen molar-refractivity contribution >= 4 is 0 Å². The molecule has 1 rings (SSSR count). The fraction of sp³-hybridized carbons (Fsp3) is 0.222. The van der Waals surface area contributed by atoms with Crippen molar-refractivity contribution in [1.29, 1.82) is 0 Å². The highest BCUT2D eigenvalue weighted by atomic mass is 16.3. The molecule has 0 spiro atoms. The van der Waals surface area contributed by atoms with Gasteiger partial charge in [-0.05, 0) is 23.6 Å². The minimum atomic E-state index is 0.0591. The van der Waals surface area contributed by atoms with Crippen molar-refractivity contribution in [2.45, 2.75) is 6.42 Å². The third-order valence-electron chi connectivity index (χ3n) is 1.39. The first-order valence-electron chi connectivity index (χ1n) is 3.98. The molecule has 0 fully saturated rings. The Morgan fingerprint density at radius 3 is 3.21 bits per heavy atom. The van der Waals surface area contributed by atoms with Gasteiger partial charge in [-0.2, -0.15) is 0 Å². The fourth-order valence-electron chi connectivity index (χ4n) is 0.790. The van der Waals surface area contributed by atoms with Gasteiger partial charge in [0.1, 0.15) is 5.75 Å². The van der Waals surface area contributed by atoms with Crippen LogP contribution in [0, 0.1) is 11.8 Å². The van der Waals surface area contributed by atoms with Gasteiger partial charge in [0.05, 0.1) is 0 Å². The number of nitrogens with zero attached hydrogens (tertiary/aromatic N) is 4. The van der Waals surface area contributed by atoms with Gasteiger partial charge in [0.2, 0.25) is 0 Å². The number of pyridine rings is 1. The minimum absolute atomic E-state index is 0.0591. The van der Waals surface area contributed by atoms with Crippen LogP contribution in [0.4, 0.5) is 0 Å². The Morgan fingerprint density at radius 2 is 2.50 bits per heavy atom. The monoisotopic (exact) mass is 188 g/mol. The molecule has 14 heavy (non-hydrogen) atoms. The fourth-order valence-corrected chi connectivity index (χ4v) is 0.790. The summed E-state index contributed by atoms with van der Waals surface area (Å²) in [5, 5.41) is 12.6. The molecular formula is C9H8N4O. The summed E-state index contributed by atoms with van der Waals surface area (Å²) in [4.78, 5) is 6.46. The number of hydrogen-bond acceptors (Lipinski definition) is 3. The molecule has 0 amide bonds. The van der Waals surface area contributed by atoms with Gasteiger partial charge in [0.25, 0.3) is 0 Å². The van der Waals surface area contributed by atoms with E-state index in [4.69, 9.17) is 5.53 Å². The predicted octanol–water partition coefficient (Wildman–Crippen LogP) is 1.84. The Labute approximate surface area is 81.0 Å². The lowest BCUT2D eigenvalue weighted by molar-refractivity contribution is 0.471. The smallest absolute Gasteiger partial charge is 0.154 e. The van der Waals surface area contributed by atoms with Crippen LogP contribution in [-0.4, -0.2) is 16.6 Å². The zero-order valence-electron chi connectivity index (χ0n) is 7.38. The zero-order chi connectivity index (χ0) is 10.2. The lowest BCUT2D eigenvalue weighted by Gasteiger charge is -1.92. The molecule has 0 aliphatic heterocycles. The van der Waals surface area contributed by atoms with Crippen molar-refractivity contribution in [1.82, 2.24) is 4.98 Å². The van der Waals surface area contributed by atoms with Crippen LogP contribution in [0.5, 0.6) is 5.75 Å². The van der Waals surface area contributed by atoms with Gasteiger partial charge in [-0.25, -0.2) is 4.98 Å². The minimum Gasteiger partial charge on any atom is -0.505 e. The second-order valence-corrected chi connectivity index (χ2v) is 2.38. The van der Waals surface area contributed by atoms with Gasteiger partial charge in [-0.1, -0.05) is 11.0 Å². The summed E-state index contributed by atoms with van der Waals surface area (Å²) in [6.07, 6.45) is 2.01. The first-order chi connectivity index (χ1) is 6.84. The third-order valence-corrected chi connectivity index (χ3v) is 1.39. The van der Waals surface area contributed by atoms with E-state index in [9.17, 15) is 5.11 Å². The molecule has 1 aromatic heterocycles. The van der Waals surface area contributed by atoms with Crippen molar-refractivity contribution < 1.29 is 5.11 Å². The number of aromatic hydroxyl groups is 1. The summed E-state index contributed by atoms with van der Waals surface area (Å²) in [6, 6.07) is 3.14. The summed E-state index contributed by atoms with van der Waals surface area (Å²) < 4.78 is 0. The molecule has 0 saturated heterocycles. The van der Waals surface area contributed by atoms with E-state index >= 15 is 0 Å². The molecule has 70 valence electrons. The Balaban J connectivity index is 2.59. The molecule has 1 N–H and O–H groups in total. The molecule has 0 atom stereocenters. The van der Waals surface area contributed by atoms with E-state index < -0.39 is 0 Å². The molecule has 0 aliphatic rings. The normalized spacial score (nSPS) is 8.29. The van der Waals surface area contributed by atoms with Crippen LogP contribution in [0.25, 0.3) is 10.4 Å². The summed E-state index contributed by atoms with van der Waals surface area (Å²) in [5.74, 6) is 5.48. The van der Waals surface area contributed by atoms with Crippen LogP contribution in [0.3, 0.4) is 0 Å². The van der Waals surface area contributed by atoms with Gasteiger partial charge in [0, 0.05) is 24.1 Å². The quantitative estimate of drug-likeness (QED) is 0.252. The highest BCUT2D eigenvalue weighted by Gasteiger charge is 1.94. The third kappa shape index (κ3) is 3.05. The number of aromatic nitrogens is 1. The molecule has 1 aromatic rings. The van der Waals surface area contributed by atoms with Crippen LogP contribution in [0.2, 0.25) is 0 Å². The standard InChI is InChI=1S/C9H8N4O/c10-13-12-7-2-1-4-8-9(14)5-3-6-11-8/h3,5-6,14H,2,7H2. The summed E-state index contributed by atoms with van der Waals surface area (Å²) in [7, 11) is 0. The van der Waals surface area contributed by atoms with E-state index in [-0.39, 0.29) is 5.75 Å². The molecule has 5 nitrogen and oxygen atoms in total. The van der Waals surface area contributed by atoms with E-state index in [1.807, 2.05) is 0 Å². The van der Waals surface area contributed by atoms with Gasteiger partial charge < -0.3 is 5.11 Å². The zero-order valence-corrected chi connectivity index (χ0v) is 7.38. The first-order valence-corrected chi connectivity index (χ1v) is 3.98. The van der Waals surface area contributed by atoms with Crippen LogP contribution < -0.4 is 0 Å². The van der Waals surface area contributed by atoms with E-state index in [0.717, 1.165) is 0 Å². The number of hydrogen-bond donors (Lipinski definition) is 1. The summed E-state index contributed by atoms with van der Waals surface area (Å²) in [5.41, 5.74) is 8.33. The number of rotatable bonds is 2. The average Bonchev–Trinajstić information content (AvgIpc) is 2.20. The maximum Gasteiger partial charge on any atom is 0.154 e. The molecular weight excluding hydrogens is 180 g/mol. The van der Waals surface area contributed by atoms with Crippen LogP contribution in [-0.2, 0) is 0 Å². The second kappa shape index (κ2) is 5.46. The Morgan fingerprint density at radius 1 is 1.64 bits per heavy atom. The number of azide groups is 1. The molecule has 0 aromatic carbocycles. The highest BCUT2D eigenvalue weighted by molar-refractivity contribution is 5.38. The van der Waals surface area contributed by atoms with Gasteiger partial charge >= 0.3 is 0 Å². The second-order valence-electron chi connectivity index (χ2n) is 2.38. The van der Waals surface area contributed by atoms with E-state index in [0.29, 0.717) is 18.7 Å². The Bertz CT molecular complexity index is 412. The van der Waals surface area contributed by atoms with E-state index in [1.165, 1.54) is 6.07 Å². The van der Waals surface area contributed by atoms with Crippen LogP contribution in [0.1, 0.15) is 12.1 Å². The van der Waals surface area contributed by atoms with E-state index in [2.05, 4.69) is 26.9 Å². The lowest BCUT2D eigenvalue weighted by atomic mass is 10.3. The van der Waals surface area contributed by atoms with Gasteiger partial charge in [-0.15, -0.1) is 0 Å². The van der Waals surface area contributed by atoms with Crippen molar-refractivity contribution in [3.63, 3.8) is 0 Å². The maximum atomic E-state index is 9.27. The molecule has 5 heteroatoms. The van der Waals surface area contributed by atoms with Crippen LogP contribution >= 0.6 is 0 Å². The van der Waals surface area contributed by atoms with Crippen molar-refractivity contribution in [2.75, 3.05) is 6.54 Å². The molecule has 0 saturated carbocycles. The van der Waals surface area contributed by atoms with Gasteiger partial charge in [-0.3, -0.25) is 0 Å². The molecule has 0 radical (unpaired) electrons. The Kier molecular flexibility index (Phi) is 3.86. The molecule has 1 heterocycles. The average molecular weight is 188 g/mol. The summed E-state index contributed by atoms with van der Waals surface area (Å²) in [6.45, 7) is 0.330. The first kappa shape index (κ1) is 9.90. The maximum absolute atomic E-state index is 9.27. The molecule has 0 aliphatic carbocycles. The topological polar surface area (TPSA) is 81.9 Å². The van der Waals surface area contributed by atoms with Gasteiger partial charge in [0.15, 0.2) is 5.69 Å². The van der Waals surface area contributed by atoms with Crippen LogP contribution in [0.15, 0.2) is 23.4 Å². The van der Waals surface area contributed by atoms with Crippen molar-refractivity contribution in [3.05, 3.63) is 34.5 Å². The molecule has 0 unspecified atom stereocenters. The SMILES string of the molecule is [N-]=[N+]=NCCC#Cc1ncccc1O. The predicted molar refractivity (Wildman–Crippen MR) is 51.4 cm³/mol. The van der Waals surface area contributed by atoms with Crippen molar-refractivity contribution in [2.24, 2.45) is 5.11 Å². The summed E-state index contributed by atoms with van der Waals surface area (Å²) >= 11 is 0. The molecule has 0 bridgehead atoms. The highest BCUT2D eigenvalue weighted by Crippen LogP contribution is 2.10. The Hall–Kier alpha value is -2.18. The lowest BCUT2D eigenvalue weighted by Crippen LogP contribution is -1.81. The largest absolute Gasteiger partial charge is 0.505 e. The van der Waals surface area contributed by atoms with Crippen molar-refractivity contribution in [3.8, 4) is 17.6 Å².